The zero-order valence-electron chi connectivity index (χ0n) is 17.2. The van der Waals surface area contributed by atoms with Gasteiger partial charge < -0.3 is 4.40 Å². The summed E-state index contributed by atoms with van der Waals surface area (Å²) < 4.78 is 31.8. The molecule has 0 saturated heterocycles. The minimum atomic E-state index is -3.95. The van der Waals surface area contributed by atoms with Gasteiger partial charge in [0.2, 0.25) is 5.43 Å². The van der Waals surface area contributed by atoms with Crippen LogP contribution in [0, 0.1) is 0 Å². The van der Waals surface area contributed by atoms with Crippen molar-refractivity contribution >= 4 is 69.9 Å². The lowest BCUT2D eigenvalue weighted by molar-refractivity contribution is 0.599. The summed E-state index contributed by atoms with van der Waals surface area (Å²) in [5.41, 5.74) is 1.94. The lowest BCUT2D eigenvalue weighted by Crippen LogP contribution is -2.14. The highest BCUT2D eigenvalue weighted by atomic mass is 32.2. The molecule has 7 nitrogen and oxygen atoms in total. The van der Waals surface area contributed by atoms with E-state index >= 15 is 0 Å². The Balaban J connectivity index is 1.93. The number of benzene rings is 5. The summed E-state index contributed by atoms with van der Waals surface area (Å²) in [6.07, 6.45) is 0. The summed E-state index contributed by atoms with van der Waals surface area (Å²) >= 11 is 0. The van der Waals surface area contributed by atoms with Crippen molar-refractivity contribution in [3.63, 3.8) is 0 Å². The maximum Gasteiger partial charge on any atom is 0.283 e. The van der Waals surface area contributed by atoms with Gasteiger partial charge in [0, 0.05) is 26.9 Å². The molecular formula is C26H11N3O4S. The number of para-hydroxylation sites is 2. The lowest BCUT2D eigenvalue weighted by atomic mass is 10.0. The molecule has 7 aromatic rings. The zero-order valence-corrected chi connectivity index (χ0v) is 18.1. The van der Waals surface area contributed by atoms with Crippen LogP contribution in [0.5, 0.6) is 0 Å². The molecule has 0 aliphatic carbocycles. The van der Waals surface area contributed by atoms with Crippen LogP contribution in [0.2, 0.25) is 0 Å². The molecule has 160 valence electrons. The van der Waals surface area contributed by atoms with Gasteiger partial charge in [0.1, 0.15) is 5.52 Å². The Hall–Kier alpha value is -4.43. The van der Waals surface area contributed by atoms with E-state index in [4.69, 9.17) is 4.98 Å². The molecule has 8 heteroatoms. The third kappa shape index (κ3) is 1.85. The van der Waals surface area contributed by atoms with Gasteiger partial charge in [0.25, 0.3) is 10.0 Å². The highest BCUT2D eigenvalue weighted by Gasteiger charge is 2.31. The second-order valence-electron chi connectivity index (χ2n) is 8.53. The maximum atomic E-state index is 13.8. The predicted molar refractivity (Wildman–Crippen MR) is 130 cm³/mol. The Kier molecular flexibility index (Phi) is 2.94. The van der Waals surface area contributed by atoms with Crippen LogP contribution in [0.4, 0.5) is 0 Å². The minimum Gasteiger partial charge on any atom is -0.301 e. The molecule has 34 heavy (non-hydrogen) atoms. The molecule has 3 heterocycles. The van der Waals surface area contributed by atoms with Crippen LogP contribution in [0.15, 0.2) is 85.6 Å². The van der Waals surface area contributed by atoms with E-state index in [1.165, 1.54) is 6.07 Å². The Labute approximate surface area is 189 Å². The van der Waals surface area contributed by atoms with Gasteiger partial charge in [-0.15, -0.1) is 0 Å². The smallest absolute Gasteiger partial charge is 0.283 e. The average molecular weight is 461 g/mol. The van der Waals surface area contributed by atoms with Crippen molar-refractivity contribution in [1.29, 1.82) is 0 Å². The van der Waals surface area contributed by atoms with Gasteiger partial charge >= 0.3 is 0 Å². The average Bonchev–Trinajstić information content (AvgIpc) is 3.35. The van der Waals surface area contributed by atoms with E-state index in [1.807, 2.05) is 24.3 Å². The van der Waals surface area contributed by atoms with Gasteiger partial charge in [-0.1, -0.05) is 48.5 Å². The molecule has 0 radical (unpaired) electrons. The highest BCUT2D eigenvalue weighted by Crippen LogP contribution is 2.38. The minimum absolute atomic E-state index is 0.0868. The number of rotatable bonds is 0. The Bertz CT molecular complexity index is 2390. The van der Waals surface area contributed by atoms with Crippen LogP contribution in [-0.2, 0) is 10.0 Å². The van der Waals surface area contributed by atoms with Crippen LogP contribution in [0.3, 0.4) is 0 Å². The molecule has 8 rings (SSSR count). The number of nitrogens with zero attached hydrogens (tertiary/aromatic N) is 3. The Morgan fingerprint density at radius 1 is 0.676 bits per heavy atom. The van der Waals surface area contributed by atoms with Crippen molar-refractivity contribution in [3.05, 3.63) is 92.5 Å². The summed E-state index contributed by atoms with van der Waals surface area (Å²) in [5, 5.41) is 2.42. The normalized spacial score (nSPS) is 14.8. The summed E-state index contributed by atoms with van der Waals surface area (Å²) in [4.78, 5) is 32.6. The summed E-state index contributed by atoms with van der Waals surface area (Å²) in [6.45, 7) is 0. The summed E-state index contributed by atoms with van der Waals surface area (Å²) in [5.74, 6) is 0. The van der Waals surface area contributed by atoms with E-state index < -0.39 is 10.0 Å². The first-order chi connectivity index (χ1) is 16.5. The monoisotopic (exact) mass is 461 g/mol. The van der Waals surface area contributed by atoms with E-state index in [-0.39, 0.29) is 32.0 Å². The second-order valence-corrected chi connectivity index (χ2v) is 10.1. The van der Waals surface area contributed by atoms with Crippen LogP contribution < -0.4 is 16.2 Å². The molecule has 0 N–H and O–H groups in total. The molecule has 0 atom stereocenters. The molecule has 0 bridgehead atoms. The van der Waals surface area contributed by atoms with Crippen LogP contribution in [0.25, 0.3) is 59.9 Å². The molecule has 0 saturated carbocycles. The van der Waals surface area contributed by atoms with E-state index in [0.717, 1.165) is 0 Å². The standard InChI is InChI=1S/C26H11N3O4S/c30-25-12-6-1-2-7-13(12)26(31)24-20(25)19-22-18-14(8-5-11-17(18)34(32,33)28-22)21-23(19)29(24)16-10-4-3-9-15(16)27-21/h1-11H. The largest absolute Gasteiger partial charge is 0.301 e. The van der Waals surface area contributed by atoms with Crippen LogP contribution >= 0.6 is 0 Å². The van der Waals surface area contributed by atoms with Gasteiger partial charge in [0.15, 0.2) is 5.43 Å². The fourth-order valence-electron chi connectivity index (χ4n) is 5.53. The van der Waals surface area contributed by atoms with E-state index in [9.17, 15) is 18.0 Å². The molecule has 0 fully saturated rings. The third-order valence-corrected chi connectivity index (χ3v) is 8.17. The first kappa shape index (κ1) is 18.0. The van der Waals surface area contributed by atoms with Crippen molar-refractivity contribution in [2.75, 3.05) is 0 Å². The fraction of sp³-hybridized carbons (Fsp3) is 0. The van der Waals surface area contributed by atoms with Gasteiger partial charge in [-0.05, 0) is 18.2 Å². The number of fused-ring (bicyclic) bond motifs is 8. The third-order valence-electron chi connectivity index (χ3n) is 6.85. The number of aromatic nitrogens is 2. The molecule has 5 aromatic carbocycles. The number of hydrogen-bond donors (Lipinski definition) is 0. The molecule has 1 aliphatic rings. The first-order valence-corrected chi connectivity index (χ1v) is 12.1. The zero-order chi connectivity index (χ0) is 22.9. The van der Waals surface area contributed by atoms with Gasteiger partial charge in [-0.25, -0.2) is 4.98 Å². The SMILES string of the molecule is O=c1c2ccccc2c(=O)c2c1c1c3c4c(cccc4c4nc5ccccc5n2c41)S(=O)(=O)N=3. The lowest BCUT2D eigenvalue weighted by Gasteiger charge is -2.09. The molecule has 1 aliphatic heterocycles. The number of hydrogen-bond acceptors (Lipinski definition) is 5. The first-order valence-electron chi connectivity index (χ1n) is 10.6. The molecule has 0 unspecified atom stereocenters. The molecular weight excluding hydrogens is 450 g/mol. The summed E-state index contributed by atoms with van der Waals surface area (Å²) in [7, 11) is -3.95. The predicted octanol–water partition coefficient (Wildman–Crippen LogP) is 3.30. The quantitative estimate of drug-likeness (QED) is 0.255. The van der Waals surface area contributed by atoms with Gasteiger partial charge in [-0.3, -0.25) is 9.59 Å². The topological polar surface area (TPSA) is 97.9 Å². The van der Waals surface area contributed by atoms with Gasteiger partial charge in [0.05, 0.1) is 37.7 Å². The second kappa shape index (κ2) is 5.55. The molecule has 0 spiro atoms. The molecule has 2 aromatic heterocycles. The van der Waals surface area contributed by atoms with E-state index in [1.54, 1.807) is 40.8 Å². The molecule has 0 amide bonds. The highest BCUT2D eigenvalue weighted by molar-refractivity contribution is 7.90. The van der Waals surface area contributed by atoms with Crippen LogP contribution in [0.1, 0.15) is 0 Å². The van der Waals surface area contributed by atoms with Gasteiger partial charge in [-0.2, -0.15) is 12.8 Å². The van der Waals surface area contributed by atoms with Crippen LogP contribution in [-0.4, -0.2) is 17.8 Å². The van der Waals surface area contributed by atoms with E-state index in [0.29, 0.717) is 49.0 Å². The Morgan fingerprint density at radius 2 is 1.38 bits per heavy atom. The van der Waals surface area contributed by atoms with E-state index in [2.05, 4.69) is 4.40 Å². The van der Waals surface area contributed by atoms with Crippen molar-refractivity contribution < 1.29 is 8.42 Å². The van der Waals surface area contributed by atoms with Crippen molar-refractivity contribution in [1.82, 2.24) is 9.38 Å². The van der Waals surface area contributed by atoms with Crippen molar-refractivity contribution in [2.45, 2.75) is 4.90 Å². The summed E-state index contributed by atoms with van der Waals surface area (Å²) in [6, 6.07) is 19.1. The maximum absolute atomic E-state index is 13.8. The van der Waals surface area contributed by atoms with Crippen molar-refractivity contribution in [2.24, 2.45) is 4.40 Å². The van der Waals surface area contributed by atoms with Crippen molar-refractivity contribution in [3.8, 4) is 0 Å². The fourth-order valence-corrected chi connectivity index (χ4v) is 6.76. The Morgan fingerprint density at radius 3 is 2.21 bits per heavy atom. The number of sulfonamides is 1.